The van der Waals surface area contributed by atoms with Crippen molar-refractivity contribution in [2.45, 2.75) is 13.2 Å². The Morgan fingerprint density at radius 2 is 1.07 bits per heavy atom. The Morgan fingerprint density at radius 3 is 1.54 bits per heavy atom. The van der Waals surface area contributed by atoms with Crippen LogP contribution in [0.1, 0.15) is 11.1 Å². The Kier molecular flexibility index (Phi) is 16.6. The van der Waals surface area contributed by atoms with Gasteiger partial charge < -0.3 is 44.3 Å². The van der Waals surface area contributed by atoms with Crippen molar-refractivity contribution in [3.8, 4) is 0 Å². The van der Waals surface area contributed by atoms with Crippen molar-refractivity contribution in [2.75, 3.05) is 65.8 Å². The number of hydrogen-bond acceptors (Lipinski definition) is 9. The van der Waals surface area contributed by atoms with Crippen LogP contribution in [0.25, 0.3) is 0 Å². The summed E-state index contributed by atoms with van der Waals surface area (Å²) in [5.41, 5.74) is 1.69. The van der Waals surface area contributed by atoms with Gasteiger partial charge >= 0.3 is 18.2 Å². The van der Waals surface area contributed by atoms with Crippen LogP contribution in [0.3, 0.4) is 0 Å². The van der Waals surface area contributed by atoms with Gasteiger partial charge in [-0.25, -0.2) is 14.4 Å². The Hall–Kier alpha value is -4.20. The number of rotatable bonds is 20. The van der Waals surface area contributed by atoms with Crippen LogP contribution in [-0.2, 0) is 46.5 Å². The summed E-state index contributed by atoms with van der Waals surface area (Å²) >= 11 is 0. The molecule has 0 aliphatic heterocycles. The summed E-state index contributed by atoms with van der Waals surface area (Å²) in [7, 11) is 0. The molecule has 0 fully saturated rings. The zero-order valence-electron chi connectivity index (χ0n) is 22.8. The first kappa shape index (κ1) is 33.0. The molecule has 2 aromatic carbocycles. The molecule has 0 spiro atoms. The second-order valence-electron chi connectivity index (χ2n) is 8.47. The second kappa shape index (κ2) is 20.7. The fourth-order valence-corrected chi connectivity index (χ4v) is 3.24. The molecule has 3 N–H and O–H groups in total. The molecule has 0 aromatic heterocycles. The summed E-state index contributed by atoms with van der Waals surface area (Å²) in [5.74, 6) is -1.41. The van der Waals surface area contributed by atoms with E-state index in [1.807, 2.05) is 60.7 Å². The zero-order chi connectivity index (χ0) is 29.5. The van der Waals surface area contributed by atoms with Gasteiger partial charge in [0.05, 0.1) is 26.4 Å². The Bertz CT molecular complexity index is 978. The summed E-state index contributed by atoms with van der Waals surface area (Å²) in [4.78, 5) is 48.7. The predicted molar refractivity (Wildman–Crippen MR) is 146 cm³/mol. The van der Waals surface area contributed by atoms with Gasteiger partial charge in [-0.3, -0.25) is 4.79 Å². The lowest BCUT2D eigenvalue weighted by Crippen LogP contribution is -2.44. The molecule has 0 radical (unpaired) electrons. The number of nitrogens with zero attached hydrogens (tertiary/aromatic N) is 1. The van der Waals surface area contributed by atoms with Crippen LogP contribution in [0.4, 0.5) is 9.59 Å². The van der Waals surface area contributed by atoms with Gasteiger partial charge in [0.2, 0.25) is 5.91 Å². The van der Waals surface area contributed by atoms with Crippen LogP contribution in [0.5, 0.6) is 0 Å². The fraction of sp³-hybridized carbons (Fsp3) is 0.429. The van der Waals surface area contributed by atoms with E-state index in [1.54, 1.807) is 0 Å². The first-order valence-corrected chi connectivity index (χ1v) is 13.1. The normalized spacial score (nSPS) is 10.4. The number of amides is 3. The minimum absolute atomic E-state index is 0.117. The predicted octanol–water partition coefficient (Wildman–Crippen LogP) is 1.80. The standard InChI is InChI=1S/C28H37N3O10/c32-25(21-38-17-15-37-16-18-39-22-26(33)34)31(13-11-29-27(35)40-19-23-7-3-1-4-8-23)14-12-30-28(36)41-20-24-9-5-2-6-10-24/h1-10H,11-22H2,(H,29,35)(H,30,36)(H,33,34). The topological polar surface area (TPSA) is 162 Å². The quantitative estimate of drug-likeness (QED) is 0.199. The van der Waals surface area contributed by atoms with Crippen molar-refractivity contribution in [2.24, 2.45) is 0 Å². The Balaban J connectivity index is 1.70. The third-order valence-corrected chi connectivity index (χ3v) is 5.28. The first-order chi connectivity index (χ1) is 19.9. The number of carboxylic acid groups (broad SMARTS) is 1. The summed E-state index contributed by atoms with van der Waals surface area (Å²) in [6.45, 7) is 0.780. The van der Waals surface area contributed by atoms with Crippen molar-refractivity contribution in [3.05, 3.63) is 71.8 Å². The molecule has 224 valence electrons. The van der Waals surface area contributed by atoms with Crippen LogP contribution in [0.15, 0.2) is 60.7 Å². The van der Waals surface area contributed by atoms with Crippen molar-refractivity contribution < 1.29 is 48.0 Å². The van der Waals surface area contributed by atoms with Gasteiger partial charge in [-0.05, 0) is 11.1 Å². The summed E-state index contributed by atoms with van der Waals surface area (Å²) in [6.07, 6.45) is -1.24. The van der Waals surface area contributed by atoms with Crippen molar-refractivity contribution in [1.29, 1.82) is 0 Å². The molecule has 0 saturated heterocycles. The summed E-state index contributed by atoms with van der Waals surface area (Å²) < 4.78 is 25.8. The first-order valence-electron chi connectivity index (χ1n) is 13.1. The molecule has 0 aliphatic carbocycles. The number of ether oxygens (including phenoxy) is 5. The van der Waals surface area contributed by atoms with E-state index in [0.29, 0.717) is 0 Å². The van der Waals surface area contributed by atoms with E-state index in [2.05, 4.69) is 10.6 Å². The third-order valence-electron chi connectivity index (χ3n) is 5.28. The molecule has 2 rings (SSSR count). The van der Waals surface area contributed by atoms with Crippen LogP contribution in [0.2, 0.25) is 0 Å². The molecule has 0 heterocycles. The average Bonchev–Trinajstić information content (AvgIpc) is 2.98. The molecule has 3 amide bonds. The lowest BCUT2D eigenvalue weighted by molar-refractivity contribution is -0.142. The fourth-order valence-electron chi connectivity index (χ4n) is 3.24. The molecule has 0 unspecified atom stereocenters. The second-order valence-corrected chi connectivity index (χ2v) is 8.47. The maximum absolute atomic E-state index is 12.8. The number of benzene rings is 2. The van der Waals surface area contributed by atoms with Crippen molar-refractivity contribution >= 4 is 24.1 Å². The van der Waals surface area contributed by atoms with Gasteiger partial charge in [-0.1, -0.05) is 60.7 Å². The molecular formula is C28H37N3O10. The molecule has 13 nitrogen and oxygen atoms in total. The molecule has 2 aromatic rings. The van der Waals surface area contributed by atoms with Gasteiger partial charge in [-0.15, -0.1) is 0 Å². The number of alkyl carbamates (subject to hydrolysis) is 2. The Labute approximate surface area is 238 Å². The molecule has 0 saturated carbocycles. The summed E-state index contributed by atoms with van der Waals surface area (Å²) in [6, 6.07) is 18.5. The highest BCUT2D eigenvalue weighted by Crippen LogP contribution is 2.01. The lowest BCUT2D eigenvalue weighted by atomic mass is 10.2. The van der Waals surface area contributed by atoms with Crippen LogP contribution < -0.4 is 10.6 Å². The van der Waals surface area contributed by atoms with Crippen LogP contribution in [-0.4, -0.2) is 99.9 Å². The smallest absolute Gasteiger partial charge is 0.407 e. The zero-order valence-corrected chi connectivity index (χ0v) is 22.8. The van der Waals surface area contributed by atoms with E-state index in [1.165, 1.54) is 4.90 Å². The molecule has 0 bridgehead atoms. The van der Waals surface area contributed by atoms with Crippen molar-refractivity contribution in [3.63, 3.8) is 0 Å². The van der Waals surface area contributed by atoms with E-state index >= 15 is 0 Å². The maximum atomic E-state index is 12.8. The minimum atomic E-state index is -1.06. The summed E-state index contributed by atoms with van der Waals surface area (Å²) in [5, 5.41) is 13.7. The van der Waals surface area contributed by atoms with Crippen LogP contribution in [0, 0.1) is 0 Å². The van der Waals surface area contributed by atoms with E-state index in [0.717, 1.165) is 11.1 Å². The number of carboxylic acids is 1. The van der Waals surface area contributed by atoms with E-state index in [-0.39, 0.29) is 78.3 Å². The molecule has 0 aliphatic rings. The van der Waals surface area contributed by atoms with Gasteiger partial charge in [0.15, 0.2) is 0 Å². The molecule has 0 atom stereocenters. The molecular weight excluding hydrogens is 538 g/mol. The SMILES string of the molecule is O=C(O)COCCOCCOCC(=O)N(CCNC(=O)OCc1ccccc1)CCNC(=O)OCc1ccccc1. The highest BCUT2D eigenvalue weighted by molar-refractivity contribution is 5.77. The average molecular weight is 576 g/mol. The highest BCUT2D eigenvalue weighted by Gasteiger charge is 2.15. The highest BCUT2D eigenvalue weighted by atomic mass is 16.6. The number of nitrogens with one attached hydrogen (secondary N) is 2. The van der Waals surface area contributed by atoms with Gasteiger partial charge in [0.25, 0.3) is 0 Å². The van der Waals surface area contributed by atoms with Gasteiger partial charge in [0, 0.05) is 26.2 Å². The molecule has 41 heavy (non-hydrogen) atoms. The number of carbonyl (C=O) groups excluding carboxylic acids is 3. The molecule has 13 heteroatoms. The van der Waals surface area contributed by atoms with Crippen LogP contribution >= 0.6 is 0 Å². The van der Waals surface area contributed by atoms with E-state index in [9.17, 15) is 19.2 Å². The number of carbonyl (C=O) groups is 4. The van der Waals surface area contributed by atoms with E-state index in [4.69, 9.17) is 28.8 Å². The largest absolute Gasteiger partial charge is 0.480 e. The van der Waals surface area contributed by atoms with Gasteiger partial charge in [-0.2, -0.15) is 0 Å². The maximum Gasteiger partial charge on any atom is 0.407 e. The van der Waals surface area contributed by atoms with Gasteiger partial charge in [0.1, 0.15) is 26.4 Å². The lowest BCUT2D eigenvalue weighted by Gasteiger charge is -2.23. The monoisotopic (exact) mass is 575 g/mol. The minimum Gasteiger partial charge on any atom is -0.480 e. The number of aliphatic carboxylic acids is 1. The Morgan fingerprint density at radius 1 is 0.634 bits per heavy atom. The number of hydrogen-bond donors (Lipinski definition) is 3. The van der Waals surface area contributed by atoms with E-state index < -0.39 is 24.8 Å². The third kappa shape index (κ3) is 16.5. The van der Waals surface area contributed by atoms with Crippen molar-refractivity contribution in [1.82, 2.24) is 15.5 Å².